The largest absolute Gasteiger partial charge is 0.0911 e. The summed E-state index contributed by atoms with van der Waals surface area (Å²) in [6.07, 6.45) is 16.5. The van der Waals surface area contributed by atoms with E-state index in [0.717, 1.165) is 0 Å². The zero-order chi connectivity index (χ0) is 11.2. The van der Waals surface area contributed by atoms with Crippen molar-refractivity contribution in [3.63, 3.8) is 0 Å². The third kappa shape index (κ3) is 29.3. The summed E-state index contributed by atoms with van der Waals surface area (Å²) in [4.78, 5) is 0. The summed E-state index contributed by atoms with van der Waals surface area (Å²) in [7, 11) is 0. The number of rotatable bonds is 3. The molecule has 0 radical (unpaired) electrons. The molecule has 0 atom stereocenters. The van der Waals surface area contributed by atoms with Crippen LogP contribution in [0.25, 0.3) is 0 Å². The van der Waals surface area contributed by atoms with Gasteiger partial charge in [0, 0.05) is 0 Å². The highest BCUT2D eigenvalue weighted by Crippen LogP contribution is 1.97. The molecule has 0 rings (SSSR count). The number of hydrogen-bond donors (Lipinski definition) is 0. The zero-order valence-corrected chi connectivity index (χ0v) is 10.2. The lowest BCUT2D eigenvalue weighted by molar-refractivity contribution is 0.935. The third-order valence-corrected chi connectivity index (χ3v) is 1.49. The van der Waals surface area contributed by atoms with Crippen molar-refractivity contribution in [1.82, 2.24) is 0 Å². The van der Waals surface area contributed by atoms with Crippen molar-refractivity contribution < 1.29 is 0 Å². The second-order valence-electron chi connectivity index (χ2n) is 2.96. The highest BCUT2D eigenvalue weighted by molar-refractivity contribution is 4.99. The van der Waals surface area contributed by atoms with E-state index in [2.05, 4.69) is 31.2 Å². The first kappa shape index (κ1) is 24.3. The summed E-state index contributed by atoms with van der Waals surface area (Å²) >= 11 is 0. The second-order valence-corrected chi connectivity index (χ2v) is 2.96. The fourth-order valence-electron chi connectivity index (χ4n) is 0.893. The summed E-state index contributed by atoms with van der Waals surface area (Å²) in [5.74, 6) is 0.602. The summed E-state index contributed by atoms with van der Waals surface area (Å²) < 4.78 is 0. The van der Waals surface area contributed by atoms with Crippen molar-refractivity contribution in [2.75, 3.05) is 0 Å². The fraction of sp³-hybridized carbons (Fsp3) is 0.500. The molecule has 0 unspecified atom stereocenters. The Morgan fingerprint density at radius 3 is 1.12 bits per heavy atom. The van der Waals surface area contributed by atoms with Gasteiger partial charge in [0.1, 0.15) is 0 Å². The van der Waals surface area contributed by atoms with Crippen molar-refractivity contribution in [2.45, 2.75) is 49.5 Å². The van der Waals surface area contributed by atoms with Crippen LogP contribution in [0.1, 0.15) is 49.5 Å². The monoisotopic (exact) mass is 224 g/mol. The molecule has 0 heteroatoms. The Kier molecular flexibility index (Phi) is 35.9. The molecular formula is C16H32. The Labute approximate surface area is 104 Å². The minimum Gasteiger partial charge on any atom is -0.0911 e. The molecule has 96 valence electrons. The third-order valence-electron chi connectivity index (χ3n) is 1.49. The quantitative estimate of drug-likeness (QED) is 0.396. The molecule has 0 saturated carbocycles. The van der Waals surface area contributed by atoms with Gasteiger partial charge < -0.3 is 0 Å². The maximum Gasteiger partial charge on any atom is -0.00821 e. The average Bonchev–Trinajstić information content (AvgIpc) is 2.16. The van der Waals surface area contributed by atoms with Gasteiger partial charge in [0.05, 0.1) is 0 Å². The first-order valence-corrected chi connectivity index (χ1v) is 5.22. The second kappa shape index (κ2) is 23.6. The van der Waals surface area contributed by atoms with Gasteiger partial charge >= 0.3 is 0 Å². The summed E-state index contributed by atoms with van der Waals surface area (Å²) in [6.45, 7) is 10.2. The van der Waals surface area contributed by atoms with E-state index in [4.69, 9.17) is 0 Å². The van der Waals surface area contributed by atoms with Gasteiger partial charge in [-0.05, 0) is 33.6 Å². The highest BCUT2D eigenvalue weighted by atomic mass is 13.9. The molecule has 16 heavy (non-hydrogen) atoms. The molecule has 0 heterocycles. The Hall–Kier alpha value is -1.04. The topological polar surface area (TPSA) is 0 Å². The SMILES string of the molecule is C.C.CC=CC(C)C=CC.CC=CC=CC. The summed E-state index contributed by atoms with van der Waals surface area (Å²) in [6, 6.07) is 0. The number of allylic oxidation sites excluding steroid dienone is 8. The van der Waals surface area contributed by atoms with E-state index < -0.39 is 0 Å². The molecule has 0 bridgehead atoms. The van der Waals surface area contributed by atoms with E-state index in [1.807, 2.05) is 52.0 Å². The molecule has 0 nitrogen and oxygen atoms in total. The Bertz CT molecular complexity index is 170. The van der Waals surface area contributed by atoms with Crippen LogP contribution in [0.3, 0.4) is 0 Å². The average molecular weight is 224 g/mol. The van der Waals surface area contributed by atoms with Gasteiger partial charge in [-0.1, -0.05) is 70.4 Å². The zero-order valence-electron chi connectivity index (χ0n) is 10.2. The van der Waals surface area contributed by atoms with E-state index in [9.17, 15) is 0 Å². The molecule has 0 aliphatic carbocycles. The van der Waals surface area contributed by atoms with Crippen molar-refractivity contribution in [2.24, 2.45) is 5.92 Å². The maximum atomic E-state index is 2.17. The lowest BCUT2D eigenvalue weighted by Gasteiger charge is -1.92. The molecule has 0 aromatic rings. The van der Waals surface area contributed by atoms with Crippen molar-refractivity contribution >= 4 is 0 Å². The van der Waals surface area contributed by atoms with Crippen LogP contribution in [0.15, 0.2) is 48.6 Å². The molecule has 0 saturated heterocycles. The van der Waals surface area contributed by atoms with Crippen molar-refractivity contribution in [3.8, 4) is 0 Å². The number of hydrogen-bond acceptors (Lipinski definition) is 0. The first-order chi connectivity index (χ1) is 6.72. The Morgan fingerprint density at radius 1 is 0.625 bits per heavy atom. The Balaban J connectivity index is -0.0000000825. The van der Waals surface area contributed by atoms with E-state index in [-0.39, 0.29) is 14.9 Å². The predicted molar refractivity (Wildman–Crippen MR) is 81.9 cm³/mol. The van der Waals surface area contributed by atoms with Crippen LogP contribution in [0.2, 0.25) is 0 Å². The van der Waals surface area contributed by atoms with Gasteiger partial charge in [0.15, 0.2) is 0 Å². The minimum atomic E-state index is 0. The van der Waals surface area contributed by atoms with Gasteiger partial charge in [-0.3, -0.25) is 0 Å². The summed E-state index contributed by atoms with van der Waals surface area (Å²) in [5, 5.41) is 0. The van der Waals surface area contributed by atoms with Gasteiger partial charge in [-0.2, -0.15) is 0 Å². The lowest BCUT2D eigenvalue weighted by atomic mass is 10.1. The maximum absolute atomic E-state index is 2.17. The molecule has 0 aromatic carbocycles. The lowest BCUT2D eigenvalue weighted by Crippen LogP contribution is -1.78. The molecule has 0 aliphatic heterocycles. The van der Waals surface area contributed by atoms with Crippen LogP contribution in [-0.4, -0.2) is 0 Å². The standard InChI is InChI=1S/C8H14.C6H10.2CH4/c1-4-6-8(3)7-5-2;1-3-5-6-4-2;;/h4-8H,1-3H3;3-6H,1-2H3;2*1H4. The van der Waals surface area contributed by atoms with Gasteiger partial charge in [-0.25, -0.2) is 0 Å². The molecule has 0 N–H and O–H groups in total. The van der Waals surface area contributed by atoms with Crippen molar-refractivity contribution in [1.29, 1.82) is 0 Å². The summed E-state index contributed by atoms with van der Waals surface area (Å²) in [5.41, 5.74) is 0. The predicted octanol–water partition coefficient (Wildman–Crippen LogP) is 6.19. The molecule has 0 amide bonds. The fourth-order valence-corrected chi connectivity index (χ4v) is 0.893. The van der Waals surface area contributed by atoms with E-state index >= 15 is 0 Å². The van der Waals surface area contributed by atoms with Crippen LogP contribution < -0.4 is 0 Å². The molecule has 0 spiro atoms. The molecule has 0 fully saturated rings. The smallest absolute Gasteiger partial charge is 0.00821 e. The van der Waals surface area contributed by atoms with Crippen LogP contribution in [0.4, 0.5) is 0 Å². The van der Waals surface area contributed by atoms with Crippen LogP contribution in [-0.2, 0) is 0 Å². The van der Waals surface area contributed by atoms with Gasteiger partial charge in [0.2, 0.25) is 0 Å². The molecule has 0 aromatic heterocycles. The van der Waals surface area contributed by atoms with E-state index in [0.29, 0.717) is 5.92 Å². The first-order valence-electron chi connectivity index (χ1n) is 5.22. The highest BCUT2D eigenvalue weighted by Gasteiger charge is 1.83. The van der Waals surface area contributed by atoms with Gasteiger partial charge in [0.25, 0.3) is 0 Å². The minimum absolute atomic E-state index is 0. The normalized spacial score (nSPS) is 12.3. The van der Waals surface area contributed by atoms with Crippen LogP contribution >= 0.6 is 0 Å². The van der Waals surface area contributed by atoms with Crippen LogP contribution in [0, 0.1) is 5.92 Å². The molecular weight excluding hydrogens is 192 g/mol. The van der Waals surface area contributed by atoms with E-state index in [1.54, 1.807) is 0 Å². The van der Waals surface area contributed by atoms with Gasteiger partial charge in [-0.15, -0.1) is 0 Å². The Morgan fingerprint density at radius 2 is 0.938 bits per heavy atom. The van der Waals surface area contributed by atoms with Crippen LogP contribution in [0.5, 0.6) is 0 Å². The molecule has 0 aliphatic rings. The van der Waals surface area contributed by atoms with Crippen molar-refractivity contribution in [3.05, 3.63) is 48.6 Å². The van der Waals surface area contributed by atoms with E-state index in [1.165, 1.54) is 0 Å².